The highest BCUT2D eigenvalue weighted by Gasteiger charge is 2.17. The van der Waals surface area contributed by atoms with Crippen LogP contribution in [0.25, 0.3) is 0 Å². The molecule has 2 amide bonds. The minimum atomic E-state index is -0.780. The second-order valence-corrected chi connectivity index (χ2v) is 7.41. The van der Waals surface area contributed by atoms with E-state index in [-0.39, 0.29) is 11.8 Å². The molecule has 3 aromatic carbocycles. The minimum Gasteiger partial charge on any atom is -0.481 e. The van der Waals surface area contributed by atoms with Crippen molar-refractivity contribution in [3.63, 3.8) is 0 Å². The first kappa shape index (κ1) is 21.7. The van der Waals surface area contributed by atoms with Crippen LogP contribution in [-0.2, 0) is 11.3 Å². The molecule has 0 unspecified atom stereocenters. The molecule has 2 N–H and O–H groups in total. The molecule has 3 rings (SSSR count). The molecule has 0 aliphatic carbocycles. The van der Waals surface area contributed by atoms with Crippen LogP contribution in [0.5, 0.6) is 5.75 Å². The SMILES string of the molecule is C[C@H](Oc1ccc(C(=O)NCc2ccccc2)cc1)C(=O)Nc1cc(Cl)ccc1Cl. The molecular weight excluding hydrogens is 423 g/mol. The number of amides is 2. The molecule has 0 spiro atoms. The van der Waals surface area contributed by atoms with Crippen molar-refractivity contribution in [2.45, 2.75) is 19.6 Å². The Bertz CT molecular complexity index is 1020. The predicted molar refractivity (Wildman–Crippen MR) is 119 cm³/mol. The van der Waals surface area contributed by atoms with E-state index in [9.17, 15) is 9.59 Å². The maximum Gasteiger partial charge on any atom is 0.265 e. The third kappa shape index (κ3) is 5.99. The van der Waals surface area contributed by atoms with Crippen molar-refractivity contribution < 1.29 is 14.3 Å². The van der Waals surface area contributed by atoms with Gasteiger partial charge in [-0.05, 0) is 55.0 Å². The molecule has 0 radical (unpaired) electrons. The Morgan fingerprint density at radius 3 is 2.37 bits per heavy atom. The van der Waals surface area contributed by atoms with E-state index in [0.717, 1.165) is 5.56 Å². The standard InChI is InChI=1S/C23H20Cl2N2O3/c1-15(22(28)27-21-13-18(24)9-12-20(21)25)30-19-10-7-17(8-11-19)23(29)26-14-16-5-3-2-4-6-16/h2-13,15H,14H2,1H3,(H,26,29)(H,27,28)/t15-/m0/s1. The number of benzene rings is 3. The Kier molecular flexibility index (Phi) is 7.33. The number of anilines is 1. The number of rotatable bonds is 7. The lowest BCUT2D eigenvalue weighted by Gasteiger charge is -2.16. The molecule has 154 valence electrons. The van der Waals surface area contributed by atoms with E-state index in [1.807, 2.05) is 30.3 Å². The van der Waals surface area contributed by atoms with Crippen LogP contribution in [0.15, 0.2) is 72.8 Å². The fourth-order valence-electron chi connectivity index (χ4n) is 2.65. The van der Waals surface area contributed by atoms with Gasteiger partial charge in [0.25, 0.3) is 11.8 Å². The van der Waals surface area contributed by atoms with Gasteiger partial charge in [-0.1, -0.05) is 53.5 Å². The van der Waals surface area contributed by atoms with Crippen LogP contribution in [0, 0.1) is 0 Å². The average molecular weight is 443 g/mol. The quantitative estimate of drug-likeness (QED) is 0.519. The Balaban J connectivity index is 1.54. The van der Waals surface area contributed by atoms with Gasteiger partial charge in [0.2, 0.25) is 0 Å². The second kappa shape index (κ2) is 10.1. The van der Waals surface area contributed by atoms with E-state index in [4.69, 9.17) is 27.9 Å². The smallest absolute Gasteiger partial charge is 0.265 e. The maximum atomic E-state index is 12.4. The van der Waals surface area contributed by atoms with Gasteiger partial charge in [0.05, 0.1) is 10.7 Å². The van der Waals surface area contributed by atoms with Crippen molar-refractivity contribution in [3.8, 4) is 5.75 Å². The van der Waals surface area contributed by atoms with Gasteiger partial charge < -0.3 is 15.4 Å². The Hall–Kier alpha value is -3.02. The summed E-state index contributed by atoms with van der Waals surface area (Å²) >= 11 is 12.0. The molecule has 0 saturated heterocycles. The molecule has 7 heteroatoms. The van der Waals surface area contributed by atoms with Crippen LogP contribution in [0.4, 0.5) is 5.69 Å². The van der Waals surface area contributed by atoms with Gasteiger partial charge in [0.15, 0.2) is 6.10 Å². The van der Waals surface area contributed by atoms with Gasteiger partial charge in [0.1, 0.15) is 5.75 Å². The van der Waals surface area contributed by atoms with Crippen molar-refractivity contribution in [2.24, 2.45) is 0 Å². The molecule has 0 aliphatic heterocycles. The number of ether oxygens (including phenoxy) is 1. The molecule has 5 nitrogen and oxygen atoms in total. The summed E-state index contributed by atoms with van der Waals surface area (Å²) in [5.74, 6) is -0.0925. The highest BCUT2D eigenvalue weighted by Crippen LogP contribution is 2.25. The number of nitrogens with one attached hydrogen (secondary N) is 2. The summed E-state index contributed by atoms with van der Waals surface area (Å²) in [5.41, 5.74) is 1.93. The maximum absolute atomic E-state index is 12.4. The molecule has 0 aromatic heterocycles. The van der Waals surface area contributed by atoms with Crippen molar-refractivity contribution >= 4 is 40.7 Å². The van der Waals surface area contributed by atoms with Crippen molar-refractivity contribution in [2.75, 3.05) is 5.32 Å². The third-order valence-electron chi connectivity index (χ3n) is 4.28. The monoisotopic (exact) mass is 442 g/mol. The molecule has 3 aromatic rings. The van der Waals surface area contributed by atoms with Gasteiger partial charge in [-0.25, -0.2) is 0 Å². The predicted octanol–water partition coefficient (Wildman–Crippen LogP) is 5.33. The first-order chi connectivity index (χ1) is 14.4. The van der Waals surface area contributed by atoms with E-state index < -0.39 is 6.10 Å². The van der Waals surface area contributed by atoms with Gasteiger partial charge in [-0.2, -0.15) is 0 Å². The average Bonchev–Trinajstić information content (AvgIpc) is 2.75. The zero-order valence-corrected chi connectivity index (χ0v) is 17.7. The molecule has 0 fully saturated rings. The zero-order valence-electron chi connectivity index (χ0n) is 16.2. The van der Waals surface area contributed by atoms with Crippen molar-refractivity contribution in [1.82, 2.24) is 5.32 Å². The first-order valence-corrected chi connectivity index (χ1v) is 10.0. The Morgan fingerprint density at radius 1 is 0.967 bits per heavy atom. The molecular formula is C23H20Cl2N2O3. The molecule has 1 atom stereocenters. The van der Waals surface area contributed by atoms with Crippen LogP contribution >= 0.6 is 23.2 Å². The second-order valence-electron chi connectivity index (χ2n) is 6.57. The normalized spacial score (nSPS) is 11.4. The minimum absolute atomic E-state index is 0.188. The van der Waals surface area contributed by atoms with Crippen LogP contribution in [-0.4, -0.2) is 17.9 Å². The Labute approximate surface area is 185 Å². The van der Waals surface area contributed by atoms with Crippen LogP contribution in [0.2, 0.25) is 10.0 Å². The lowest BCUT2D eigenvalue weighted by atomic mass is 10.2. The summed E-state index contributed by atoms with van der Waals surface area (Å²) in [6.07, 6.45) is -0.780. The summed E-state index contributed by atoms with van der Waals surface area (Å²) in [7, 11) is 0. The summed E-state index contributed by atoms with van der Waals surface area (Å²) in [6, 6.07) is 21.1. The van der Waals surface area contributed by atoms with E-state index >= 15 is 0 Å². The molecule has 0 bridgehead atoms. The third-order valence-corrected chi connectivity index (χ3v) is 4.85. The van der Waals surface area contributed by atoms with Crippen LogP contribution in [0.3, 0.4) is 0 Å². The highest BCUT2D eigenvalue weighted by atomic mass is 35.5. The number of carbonyl (C=O) groups is 2. The summed E-state index contributed by atoms with van der Waals surface area (Å²) < 4.78 is 5.66. The number of halogens is 2. The fraction of sp³-hybridized carbons (Fsp3) is 0.130. The lowest BCUT2D eigenvalue weighted by molar-refractivity contribution is -0.122. The van der Waals surface area contributed by atoms with E-state index in [1.54, 1.807) is 49.4 Å². The molecule has 0 heterocycles. The summed E-state index contributed by atoms with van der Waals surface area (Å²) in [5, 5.41) is 6.39. The van der Waals surface area contributed by atoms with Crippen LogP contribution < -0.4 is 15.4 Å². The zero-order chi connectivity index (χ0) is 21.5. The molecule has 30 heavy (non-hydrogen) atoms. The molecule has 0 saturated carbocycles. The van der Waals surface area contributed by atoms with Gasteiger partial charge in [-0.3, -0.25) is 9.59 Å². The van der Waals surface area contributed by atoms with E-state index in [0.29, 0.717) is 33.6 Å². The van der Waals surface area contributed by atoms with E-state index in [1.165, 1.54) is 0 Å². The molecule has 0 aliphatic rings. The number of carbonyl (C=O) groups excluding carboxylic acids is 2. The highest BCUT2D eigenvalue weighted by molar-refractivity contribution is 6.35. The van der Waals surface area contributed by atoms with Gasteiger partial charge in [0, 0.05) is 17.1 Å². The van der Waals surface area contributed by atoms with Crippen molar-refractivity contribution in [3.05, 3.63) is 94.0 Å². The summed E-state index contributed by atoms with van der Waals surface area (Å²) in [4.78, 5) is 24.7. The van der Waals surface area contributed by atoms with Gasteiger partial charge in [-0.15, -0.1) is 0 Å². The lowest BCUT2D eigenvalue weighted by Crippen LogP contribution is -2.30. The summed E-state index contributed by atoms with van der Waals surface area (Å²) in [6.45, 7) is 2.06. The van der Waals surface area contributed by atoms with Crippen LogP contribution in [0.1, 0.15) is 22.8 Å². The largest absolute Gasteiger partial charge is 0.481 e. The first-order valence-electron chi connectivity index (χ1n) is 9.27. The van der Waals surface area contributed by atoms with Gasteiger partial charge >= 0.3 is 0 Å². The Morgan fingerprint density at radius 2 is 1.67 bits per heavy atom. The number of hydrogen-bond donors (Lipinski definition) is 2. The topological polar surface area (TPSA) is 67.4 Å². The van der Waals surface area contributed by atoms with E-state index in [2.05, 4.69) is 10.6 Å². The number of hydrogen-bond acceptors (Lipinski definition) is 3. The van der Waals surface area contributed by atoms with Crippen molar-refractivity contribution in [1.29, 1.82) is 0 Å². The fourth-order valence-corrected chi connectivity index (χ4v) is 2.99.